The van der Waals surface area contributed by atoms with Crippen molar-refractivity contribution in [2.45, 2.75) is 26.4 Å². The van der Waals surface area contributed by atoms with Gasteiger partial charge in [-0.2, -0.15) is 0 Å². The van der Waals surface area contributed by atoms with E-state index in [1.165, 1.54) is 5.56 Å². The molecule has 0 aromatic heterocycles. The van der Waals surface area contributed by atoms with Gasteiger partial charge in [-0.3, -0.25) is 0 Å². The van der Waals surface area contributed by atoms with E-state index in [9.17, 15) is 5.11 Å². The third kappa shape index (κ3) is 3.48. The minimum atomic E-state index is -0.401. The Bertz CT molecular complexity index is 254. The molecule has 1 aromatic rings. The summed E-state index contributed by atoms with van der Waals surface area (Å²) in [6, 6.07) is 7.95. The number of aliphatic hydroxyl groups excluding tert-OH is 1. The number of hydrogen-bond acceptors (Lipinski definition) is 2. The smallest absolute Gasteiger partial charge is 0.0812 e. The van der Waals surface area contributed by atoms with Crippen molar-refractivity contribution in [2.24, 2.45) is 0 Å². The average molecular weight is 194 g/mol. The lowest BCUT2D eigenvalue weighted by molar-refractivity contribution is 0.0886. The molecule has 0 bridgehead atoms. The van der Waals surface area contributed by atoms with E-state index >= 15 is 0 Å². The topological polar surface area (TPSA) is 29.5 Å². The van der Waals surface area contributed by atoms with Crippen molar-refractivity contribution in [3.63, 3.8) is 0 Å². The molecule has 0 fully saturated rings. The molecular formula is C12H18O2. The summed E-state index contributed by atoms with van der Waals surface area (Å²) in [6.07, 6.45) is 0.263. The van der Waals surface area contributed by atoms with Crippen LogP contribution >= 0.6 is 0 Å². The van der Waals surface area contributed by atoms with Gasteiger partial charge in [0.15, 0.2) is 0 Å². The van der Waals surface area contributed by atoms with Crippen molar-refractivity contribution in [1.82, 2.24) is 0 Å². The molecule has 1 N–H and O–H groups in total. The summed E-state index contributed by atoms with van der Waals surface area (Å²) >= 11 is 0. The second kappa shape index (κ2) is 5.78. The first-order chi connectivity index (χ1) is 6.74. The molecule has 0 aliphatic rings. The van der Waals surface area contributed by atoms with Crippen LogP contribution in [0.2, 0.25) is 0 Å². The van der Waals surface area contributed by atoms with Gasteiger partial charge in [-0.15, -0.1) is 0 Å². The van der Waals surface area contributed by atoms with E-state index in [1.807, 2.05) is 38.1 Å². The predicted octanol–water partition coefficient (Wildman–Crippen LogP) is 2.46. The van der Waals surface area contributed by atoms with Gasteiger partial charge < -0.3 is 9.84 Å². The van der Waals surface area contributed by atoms with E-state index in [0.717, 1.165) is 5.56 Å². The first-order valence-corrected chi connectivity index (χ1v) is 5.06. The van der Waals surface area contributed by atoms with Crippen LogP contribution in [0.3, 0.4) is 0 Å². The molecule has 0 aliphatic heterocycles. The van der Waals surface area contributed by atoms with E-state index in [0.29, 0.717) is 19.6 Å². The number of ether oxygens (including phenoxy) is 1. The first kappa shape index (κ1) is 11.2. The minimum absolute atomic E-state index is 0.401. The Morgan fingerprint density at radius 2 is 1.93 bits per heavy atom. The van der Waals surface area contributed by atoms with Gasteiger partial charge in [0, 0.05) is 19.6 Å². The maximum absolute atomic E-state index is 9.76. The lowest BCUT2D eigenvalue weighted by Crippen LogP contribution is -2.03. The molecule has 0 aliphatic carbocycles. The highest BCUT2D eigenvalue weighted by molar-refractivity contribution is 5.22. The summed E-state index contributed by atoms with van der Waals surface area (Å²) in [5, 5.41) is 9.76. The number of benzene rings is 1. The number of hydrogen-bond donors (Lipinski definition) is 1. The van der Waals surface area contributed by atoms with E-state index in [4.69, 9.17) is 4.74 Å². The molecule has 1 atom stereocenters. The Morgan fingerprint density at radius 3 is 2.50 bits per heavy atom. The highest BCUT2D eigenvalue weighted by Gasteiger charge is 2.05. The van der Waals surface area contributed by atoms with Crippen molar-refractivity contribution < 1.29 is 9.84 Å². The largest absolute Gasteiger partial charge is 0.388 e. The van der Waals surface area contributed by atoms with Crippen molar-refractivity contribution in [3.05, 3.63) is 35.4 Å². The van der Waals surface area contributed by atoms with Crippen molar-refractivity contribution in [1.29, 1.82) is 0 Å². The SMILES string of the molecule is CCOCCC(O)c1ccc(C)cc1. The zero-order chi connectivity index (χ0) is 10.4. The summed E-state index contributed by atoms with van der Waals surface area (Å²) in [6.45, 7) is 5.32. The van der Waals surface area contributed by atoms with E-state index < -0.39 is 6.10 Å². The van der Waals surface area contributed by atoms with Crippen LogP contribution in [-0.4, -0.2) is 18.3 Å². The van der Waals surface area contributed by atoms with Crippen LogP contribution in [0.25, 0.3) is 0 Å². The fourth-order valence-corrected chi connectivity index (χ4v) is 1.29. The molecule has 14 heavy (non-hydrogen) atoms. The molecule has 2 nitrogen and oxygen atoms in total. The molecule has 1 aromatic carbocycles. The summed E-state index contributed by atoms with van der Waals surface area (Å²) in [5.74, 6) is 0. The standard InChI is InChI=1S/C12H18O2/c1-3-14-9-8-12(13)11-6-4-10(2)5-7-11/h4-7,12-13H,3,8-9H2,1-2H3. The second-order valence-electron chi connectivity index (χ2n) is 3.41. The molecule has 1 rings (SSSR count). The molecule has 0 radical (unpaired) electrons. The van der Waals surface area contributed by atoms with Crippen LogP contribution in [0.4, 0.5) is 0 Å². The van der Waals surface area contributed by atoms with Gasteiger partial charge in [0.1, 0.15) is 0 Å². The normalized spacial score (nSPS) is 12.8. The first-order valence-electron chi connectivity index (χ1n) is 5.06. The van der Waals surface area contributed by atoms with Gasteiger partial charge in [-0.25, -0.2) is 0 Å². The van der Waals surface area contributed by atoms with Gasteiger partial charge in [0.2, 0.25) is 0 Å². The van der Waals surface area contributed by atoms with E-state index in [1.54, 1.807) is 0 Å². The van der Waals surface area contributed by atoms with E-state index in [-0.39, 0.29) is 0 Å². The number of rotatable bonds is 5. The average Bonchev–Trinajstić information content (AvgIpc) is 2.19. The fourth-order valence-electron chi connectivity index (χ4n) is 1.29. The maximum Gasteiger partial charge on any atom is 0.0812 e. The van der Waals surface area contributed by atoms with Crippen molar-refractivity contribution >= 4 is 0 Å². The van der Waals surface area contributed by atoms with Crippen LogP contribution in [0, 0.1) is 6.92 Å². The van der Waals surface area contributed by atoms with Crippen LogP contribution < -0.4 is 0 Å². The van der Waals surface area contributed by atoms with Gasteiger partial charge in [0.05, 0.1) is 6.10 Å². The maximum atomic E-state index is 9.76. The molecule has 78 valence electrons. The van der Waals surface area contributed by atoms with Crippen LogP contribution in [0.5, 0.6) is 0 Å². The lowest BCUT2D eigenvalue weighted by atomic mass is 10.1. The zero-order valence-corrected chi connectivity index (χ0v) is 8.86. The van der Waals surface area contributed by atoms with Crippen molar-refractivity contribution in [2.75, 3.05) is 13.2 Å². The Kier molecular flexibility index (Phi) is 4.63. The molecule has 0 amide bonds. The number of aryl methyl sites for hydroxylation is 1. The van der Waals surface area contributed by atoms with Crippen LogP contribution in [0.1, 0.15) is 30.6 Å². The van der Waals surface area contributed by atoms with Crippen molar-refractivity contribution in [3.8, 4) is 0 Å². The lowest BCUT2D eigenvalue weighted by Gasteiger charge is -2.10. The summed E-state index contributed by atoms with van der Waals surface area (Å²) in [4.78, 5) is 0. The summed E-state index contributed by atoms with van der Waals surface area (Å²) in [5.41, 5.74) is 2.18. The third-order valence-electron chi connectivity index (χ3n) is 2.20. The van der Waals surface area contributed by atoms with Gasteiger partial charge in [0.25, 0.3) is 0 Å². The monoisotopic (exact) mass is 194 g/mol. The van der Waals surface area contributed by atoms with Gasteiger partial charge >= 0.3 is 0 Å². The fraction of sp³-hybridized carbons (Fsp3) is 0.500. The molecule has 0 saturated carbocycles. The third-order valence-corrected chi connectivity index (χ3v) is 2.20. The van der Waals surface area contributed by atoms with Gasteiger partial charge in [-0.1, -0.05) is 29.8 Å². The summed E-state index contributed by atoms with van der Waals surface area (Å²) in [7, 11) is 0. The van der Waals surface area contributed by atoms with E-state index in [2.05, 4.69) is 0 Å². The molecular weight excluding hydrogens is 176 g/mol. The Morgan fingerprint density at radius 1 is 1.29 bits per heavy atom. The van der Waals surface area contributed by atoms with Gasteiger partial charge in [-0.05, 0) is 19.4 Å². The second-order valence-corrected chi connectivity index (χ2v) is 3.41. The Hall–Kier alpha value is -0.860. The molecule has 0 heterocycles. The molecule has 2 heteroatoms. The summed E-state index contributed by atoms with van der Waals surface area (Å²) < 4.78 is 5.19. The van der Waals surface area contributed by atoms with Crippen LogP contribution in [0.15, 0.2) is 24.3 Å². The van der Waals surface area contributed by atoms with Crippen LogP contribution in [-0.2, 0) is 4.74 Å². The molecule has 0 saturated heterocycles. The highest BCUT2D eigenvalue weighted by Crippen LogP contribution is 2.16. The molecule has 1 unspecified atom stereocenters. The zero-order valence-electron chi connectivity index (χ0n) is 8.86. The quantitative estimate of drug-likeness (QED) is 0.729. The minimum Gasteiger partial charge on any atom is -0.388 e. The molecule has 0 spiro atoms. The predicted molar refractivity (Wildman–Crippen MR) is 57.2 cm³/mol. The number of aliphatic hydroxyl groups is 1. The highest BCUT2D eigenvalue weighted by atomic mass is 16.5. The Balaban J connectivity index is 2.43. The Labute approximate surface area is 85.5 Å².